The van der Waals surface area contributed by atoms with Gasteiger partial charge in [-0.05, 0) is 59.8 Å². The Kier molecular flexibility index (Phi) is 4.24. The molecule has 1 aliphatic carbocycles. The monoisotopic (exact) mass is 311 g/mol. The van der Waals surface area contributed by atoms with Gasteiger partial charge >= 0.3 is 0 Å². The molecule has 1 aromatic carbocycles. The number of carbonyl (C=O) groups excluding carboxylic acids is 1. The molecule has 2 rings (SSSR count). The summed E-state index contributed by atoms with van der Waals surface area (Å²) in [5.41, 5.74) is 12.7. The molecule has 1 aromatic rings. The van der Waals surface area contributed by atoms with Crippen LogP contribution in [-0.2, 0) is 0 Å². The van der Waals surface area contributed by atoms with Gasteiger partial charge in [-0.3, -0.25) is 4.79 Å². The van der Waals surface area contributed by atoms with E-state index in [9.17, 15) is 4.79 Å². The summed E-state index contributed by atoms with van der Waals surface area (Å²) in [4.78, 5) is 12.1. The maximum absolute atomic E-state index is 12.1. The van der Waals surface area contributed by atoms with Gasteiger partial charge in [0, 0.05) is 22.2 Å². The van der Waals surface area contributed by atoms with Crippen molar-refractivity contribution in [1.29, 1.82) is 0 Å². The smallest absolute Gasteiger partial charge is 0.252 e. The van der Waals surface area contributed by atoms with Gasteiger partial charge in [0.2, 0.25) is 0 Å². The molecule has 1 fully saturated rings. The Bertz CT molecular complexity index is 442. The molecule has 4 nitrogen and oxygen atoms in total. The average Bonchev–Trinajstić information content (AvgIpc) is 2.35. The highest BCUT2D eigenvalue weighted by molar-refractivity contribution is 9.10. The van der Waals surface area contributed by atoms with E-state index in [1.165, 1.54) is 0 Å². The Morgan fingerprint density at radius 2 is 1.94 bits per heavy atom. The van der Waals surface area contributed by atoms with Crippen molar-refractivity contribution in [2.24, 2.45) is 5.73 Å². The van der Waals surface area contributed by atoms with E-state index in [4.69, 9.17) is 11.5 Å². The van der Waals surface area contributed by atoms with E-state index >= 15 is 0 Å². The zero-order chi connectivity index (χ0) is 13.1. The van der Waals surface area contributed by atoms with Crippen LogP contribution in [0, 0.1) is 0 Å². The summed E-state index contributed by atoms with van der Waals surface area (Å²) in [5.74, 6) is -0.0744. The molecule has 0 atom stereocenters. The van der Waals surface area contributed by atoms with E-state index in [1.807, 2.05) is 0 Å². The zero-order valence-electron chi connectivity index (χ0n) is 10.2. The Balaban J connectivity index is 2.01. The minimum atomic E-state index is -0.0744. The van der Waals surface area contributed by atoms with Crippen molar-refractivity contribution in [3.8, 4) is 0 Å². The summed E-state index contributed by atoms with van der Waals surface area (Å²) < 4.78 is 0.765. The SMILES string of the molecule is Nc1ccc(Br)c(C(=O)NC2CCC(N)CC2)c1. The van der Waals surface area contributed by atoms with Crippen molar-refractivity contribution in [1.82, 2.24) is 5.32 Å². The predicted octanol–water partition coefficient (Wildman–Crippen LogP) is 2.03. The molecule has 0 saturated heterocycles. The van der Waals surface area contributed by atoms with Gasteiger partial charge < -0.3 is 16.8 Å². The third-order valence-electron chi connectivity index (χ3n) is 3.34. The van der Waals surface area contributed by atoms with Gasteiger partial charge in [0.25, 0.3) is 5.91 Å². The number of nitrogens with two attached hydrogens (primary N) is 2. The van der Waals surface area contributed by atoms with Crippen LogP contribution in [0.15, 0.2) is 22.7 Å². The Hall–Kier alpha value is -1.07. The van der Waals surface area contributed by atoms with Crippen molar-refractivity contribution >= 4 is 27.5 Å². The Labute approximate surface area is 115 Å². The molecule has 0 bridgehead atoms. The second-order valence-corrected chi connectivity index (χ2v) is 5.68. The summed E-state index contributed by atoms with van der Waals surface area (Å²) >= 11 is 3.37. The molecule has 1 aliphatic rings. The molecule has 98 valence electrons. The fourth-order valence-corrected chi connectivity index (χ4v) is 2.67. The van der Waals surface area contributed by atoms with Crippen LogP contribution in [0.4, 0.5) is 5.69 Å². The number of nitrogens with one attached hydrogen (secondary N) is 1. The minimum absolute atomic E-state index is 0.0744. The number of hydrogen-bond acceptors (Lipinski definition) is 3. The lowest BCUT2D eigenvalue weighted by molar-refractivity contribution is 0.0925. The number of benzene rings is 1. The second-order valence-electron chi connectivity index (χ2n) is 4.82. The molecular formula is C13H18BrN3O. The van der Waals surface area contributed by atoms with Crippen LogP contribution in [0.5, 0.6) is 0 Å². The van der Waals surface area contributed by atoms with Gasteiger partial charge in [-0.1, -0.05) is 0 Å². The molecule has 0 radical (unpaired) electrons. The summed E-state index contributed by atoms with van der Waals surface area (Å²) in [6.07, 6.45) is 3.85. The highest BCUT2D eigenvalue weighted by atomic mass is 79.9. The lowest BCUT2D eigenvalue weighted by Gasteiger charge is -2.27. The molecule has 0 aromatic heterocycles. The van der Waals surface area contributed by atoms with Crippen LogP contribution in [0.3, 0.4) is 0 Å². The molecule has 1 saturated carbocycles. The second kappa shape index (κ2) is 5.71. The maximum Gasteiger partial charge on any atom is 0.252 e. The minimum Gasteiger partial charge on any atom is -0.399 e. The first-order valence-electron chi connectivity index (χ1n) is 6.17. The molecule has 5 N–H and O–H groups in total. The zero-order valence-corrected chi connectivity index (χ0v) is 11.7. The van der Waals surface area contributed by atoms with Gasteiger partial charge in [-0.2, -0.15) is 0 Å². The Morgan fingerprint density at radius 3 is 2.61 bits per heavy atom. The van der Waals surface area contributed by atoms with Gasteiger partial charge in [0.05, 0.1) is 5.56 Å². The topological polar surface area (TPSA) is 81.1 Å². The van der Waals surface area contributed by atoms with Crippen molar-refractivity contribution in [2.45, 2.75) is 37.8 Å². The molecule has 0 aliphatic heterocycles. The third kappa shape index (κ3) is 3.23. The van der Waals surface area contributed by atoms with Crippen LogP contribution in [0.2, 0.25) is 0 Å². The molecule has 18 heavy (non-hydrogen) atoms. The van der Waals surface area contributed by atoms with Crippen molar-refractivity contribution in [3.63, 3.8) is 0 Å². The van der Waals surface area contributed by atoms with Crippen LogP contribution in [0.1, 0.15) is 36.0 Å². The van der Waals surface area contributed by atoms with Gasteiger partial charge in [0.1, 0.15) is 0 Å². The number of carbonyl (C=O) groups is 1. The molecule has 0 heterocycles. The van der Waals surface area contributed by atoms with E-state index < -0.39 is 0 Å². The first kappa shape index (κ1) is 13.4. The summed E-state index contributed by atoms with van der Waals surface area (Å²) in [6.45, 7) is 0. The van der Waals surface area contributed by atoms with Crippen molar-refractivity contribution in [3.05, 3.63) is 28.2 Å². The van der Waals surface area contributed by atoms with Crippen molar-refractivity contribution < 1.29 is 4.79 Å². The van der Waals surface area contributed by atoms with Crippen molar-refractivity contribution in [2.75, 3.05) is 5.73 Å². The Morgan fingerprint density at radius 1 is 1.28 bits per heavy atom. The predicted molar refractivity (Wildman–Crippen MR) is 76.3 cm³/mol. The first-order valence-corrected chi connectivity index (χ1v) is 6.97. The lowest BCUT2D eigenvalue weighted by atomic mass is 9.91. The van der Waals surface area contributed by atoms with Gasteiger partial charge in [0.15, 0.2) is 0 Å². The summed E-state index contributed by atoms with van der Waals surface area (Å²) in [5, 5.41) is 3.04. The van der Waals surface area contributed by atoms with E-state index in [0.717, 1.165) is 30.2 Å². The van der Waals surface area contributed by atoms with E-state index in [1.54, 1.807) is 18.2 Å². The van der Waals surface area contributed by atoms with E-state index in [0.29, 0.717) is 11.3 Å². The van der Waals surface area contributed by atoms with Crippen LogP contribution < -0.4 is 16.8 Å². The van der Waals surface area contributed by atoms with Gasteiger partial charge in [-0.25, -0.2) is 0 Å². The number of anilines is 1. The van der Waals surface area contributed by atoms with Crippen LogP contribution >= 0.6 is 15.9 Å². The maximum atomic E-state index is 12.1. The molecule has 0 spiro atoms. The number of amides is 1. The number of hydrogen-bond donors (Lipinski definition) is 3. The van der Waals surface area contributed by atoms with E-state index in [-0.39, 0.29) is 18.0 Å². The average molecular weight is 312 g/mol. The quantitative estimate of drug-likeness (QED) is 0.731. The standard InChI is InChI=1S/C13H18BrN3O/c14-12-6-3-9(16)7-11(12)13(18)17-10-4-1-8(15)2-5-10/h3,6-8,10H,1-2,4-5,15-16H2,(H,17,18). The summed E-state index contributed by atoms with van der Waals surface area (Å²) in [6, 6.07) is 5.76. The number of halogens is 1. The molecule has 5 heteroatoms. The first-order chi connectivity index (χ1) is 8.56. The normalized spacial score (nSPS) is 23.7. The summed E-state index contributed by atoms with van der Waals surface area (Å²) in [7, 11) is 0. The lowest BCUT2D eigenvalue weighted by Crippen LogP contribution is -2.40. The molecule has 1 amide bonds. The number of rotatable bonds is 2. The molecular weight excluding hydrogens is 294 g/mol. The van der Waals surface area contributed by atoms with Crippen LogP contribution in [-0.4, -0.2) is 18.0 Å². The highest BCUT2D eigenvalue weighted by Crippen LogP contribution is 2.21. The van der Waals surface area contributed by atoms with Gasteiger partial charge in [-0.15, -0.1) is 0 Å². The fraction of sp³-hybridized carbons (Fsp3) is 0.462. The highest BCUT2D eigenvalue weighted by Gasteiger charge is 2.21. The molecule has 0 unspecified atom stereocenters. The van der Waals surface area contributed by atoms with Crippen LogP contribution in [0.25, 0.3) is 0 Å². The largest absolute Gasteiger partial charge is 0.399 e. The van der Waals surface area contributed by atoms with E-state index in [2.05, 4.69) is 21.2 Å². The fourth-order valence-electron chi connectivity index (χ4n) is 2.24. The third-order valence-corrected chi connectivity index (χ3v) is 4.03. The number of nitrogen functional groups attached to an aromatic ring is 1.